The van der Waals surface area contributed by atoms with E-state index < -0.39 is 0 Å². The molecule has 0 aliphatic carbocycles. The van der Waals surface area contributed by atoms with E-state index in [0.717, 1.165) is 45.8 Å². The van der Waals surface area contributed by atoms with Crippen LogP contribution in [0.5, 0.6) is 0 Å². The van der Waals surface area contributed by atoms with Crippen molar-refractivity contribution in [3.63, 3.8) is 0 Å². The molecule has 0 saturated carbocycles. The lowest BCUT2D eigenvalue weighted by Crippen LogP contribution is -2.37. The number of halogens is 1. The van der Waals surface area contributed by atoms with Crippen molar-refractivity contribution in [3.8, 4) is 0 Å². The summed E-state index contributed by atoms with van der Waals surface area (Å²) in [5, 5.41) is 7.54. The van der Waals surface area contributed by atoms with Crippen LogP contribution >= 0.6 is 11.6 Å². The Morgan fingerprint density at radius 2 is 2.14 bits per heavy atom. The lowest BCUT2D eigenvalue weighted by molar-refractivity contribution is 0.0378. The standard InChI is InChI=1S/C14H23ClN4O2/c1-11(2)19-14(20)13(15)12(10-17-19)16-4-3-5-18-6-8-21-9-7-18/h10-11,16H,3-9H2,1-2H3. The molecule has 0 amide bonds. The van der Waals surface area contributed by atoms with Crippen molar-refractivity contribution in [3.05, 3.63) is 21.6 Å². The van der Waals surface area contributed by atoms with Gasteiger partial charge >= 0.3 is 0 Å². The second-order valence-electron chi connectivity index (χ2n) is 5.45. The third-order valence-electron chi connectivity index (χ3n) is 3.50. The van der Waals surface area contributed by atoms with E-state index in [0.29, 0.717) is 5.69 Å². The number of rotatable bonds is 6. The van der Waals surface area contributed by atoms with Gasteiger partial charge in [-0.05, 0) is 26.8 Å². The van der Waals surface area contributed by atoms with Crippen LogP contribution in [-0.4, -0.2) is 54.1 Å². The van der Waals surface area contributed by atoms with E-state index in [1.54, 1.807) is 6.20 Å². The Hall–Kier alpha value is -1.11. The Kier molecular flexibility index (Phi) is 6.02. The highest BCUT2D eigenvalue weighted by Crippen LogP contribution is 2.16. The van der Waals surface area contributed by atoms with Gasteiger partial charge in [-0.15, -0.1) is 0 Å². The molecular formula is C14H23ClN4O2. The molecule has 1 saturated heterocycles. The molecule has 21 heavy (non-hydrogen) atoms. The molecule has 1 N–H and O–H groups in total. The van der Waals surface area contributed by atoms with Gasteiger partial charge in [-0.3, -0.25) is 9.69 Å². The average molecular weight is 315 g/mol. The van der Waals surface area contributed by atoms with Gasteiger partial charge in [0.05, 0.1) is 31.1 Å². The lowest BCUT2D eigenvalue weighted by atomic mass is 10.3. The first-order valence-corrected chi connectivity index (χ1v) is 7.78. The van der Waals surface area contributed by atoms with Crippen LogP contribution in [0.4, 0.5) is 5.69 Å². The Morgan fingerprint density at radius 1 is 1.43 bits per heavy atom. The van der Waals surface area contributed by atoms with Gasteiger partial charge in [-0.25, -0.2) is 4.68 Å². The number of aromatic nitrogens is 2. The molecule has 0 unspecified atom stereocenters. The summed E-state index contributed by atoms with van der Waals surface area (Å²) in [6, 6.07) is 0.00497. The summed E-state index contributed by atoms with van der Waals surface area (Å²) in [5.74, 6) is 0. The maximum Gasteiger partial charge on any atom is 0.287 e. The van der Waals surface area contributed by atoms with E-state index in [-0.39, 0.29) is 16.6 Å². The SMILES string of the molecule is CC(C)n1ncc(NCCCN2CCOCC2)c(Cl)c1=O. The molecule has 6 nitrogen and oxygen atoms in total. The molecule has 1 aromatic rings. The van der Waals surface area contributed by atoms with Gasteiger partial charge in [0.1, 0.15) is 5.02 Å². The summed E-state index contributed by atoms with van der Waals surface area (Å²) < 4.78 is 6.70. The van der Waals surface area contributed by atoms with Crippen LogP contribution in [0.3, 0.4) is 0 Å². The number of hydrogen-bond acceptors (Lipinski definition) is 5. The minimum absolute atomic E-state index is 0.00497. The number of morpholine rings is 1. The van der Waals surface area contributed by atoms with Crippen molar-refractivity contribution in [2.75, 3.05) is 44.7 Å². The first-order valence-electron chi connectivity index (χ1n) is 7.41. The van der Waals surface area contributed by atoms with Crippen molar-refractivity contribution in [2.45, 2.75) is 26.3 Å². The summed E-state index contributed by atoms with van der Waals surface area (Å²) >= 11 is 6.11. The van der Waals surface area contributed by atoms with Gasteiger partial charge in [-0.1, -0.05) is 11.6 Å². The van der Waals surface area contributed by atoms with E-state index >= 15 is 0 Å². The molecule has 7 heteroatoms. The molecule has 0 spiro atoms. The minimum atomic E-state index is -0.246. The van der Waals surface area contributed by atoms with Gasteiger partial charge in [0.15, 0.2) is 0 Å². The summed E-state index contributed by atoms with van der Waals surface area (Å²) in [6.07, 6.45) is 2.61. The topological polar surface area (TPSA) is 59.4 Å². The van der Waals surface area contributed by atoms with Crippen molar-refractivity contribution in [2.24, 2.45) is 0 Å². The molecule has 0 bridgehead atoms. The highest BCUT2D eigenvalue weighted by molar-refractivity contribution is 6.32. The second-order valence-corrected chi connectivity index (χ2v) is 5.83. The first-order chi connectivity index (χ1) is 10.1. The molecule has 1 aliphatic heterocycles. The average Bonchev–Trinajstić information content (AvgIpc) is 2.48. The van der Waals surface area contributed by atoms with E-state index in [4.69, 9.17) is 16.3 Å². The Morgan fingerprint density at radius 3 is 2.81 bits per heavy atom. The molecule has 1 aromatic heterocycles. The summed E-state index contributed by atoms with van der Waals surface area (Å²) in [4.78, 5) is 14.4. The number of ether oxygens (including phenoxy) is 1. The summed E-state index contributed by atoms with van der Waals surface area (Å²) in [6.45, 7) is 9.21. The zero-order valence-electron chi connectivity index (χ0n) is 12.6. The molecule has 118 valence electrons. The number of nitrogens with one attached hydrogen (secondary N) is 1. The minimum Gasteiger partial charge on any atom is -0.382 e. The Bertz CT molecular complexity index is 512. The zero-order chi connectivity index (χ0) is 15.2. The van der Waals surface area contributed by atoms with Gasteiger partial charge < -0.3 is 10.1 Å². The number of nitrogens with zero attached hydrogens (tertiary/aromatic N) is 3. The fourth-order valence-corrected chi connectivity index (χ4v) is 2.49. The monoisotopic (exact) mass is 314 g/mol. The quantitative estimate of drug-likeness (QED) is 0.808. The molecule has 1 aliphatic rings. The molecule has 0 aromatic carbocycles. The van der Waals surface area contributed by atoms with Crippen molar-refractivity contribution in [1.82, 2.24) is 14.7 Å². The predicted octanol–water partition coefficient (Wildman–Crippen LogP) is 1.61. The second kappa shape index (κ2) is 7.77. The van der Waals surface area contributed by atoms with Gasteiger partial charge in [0.2, 0.25) is 0 Å². The van der Waals surface area contributed by atoms with Crippen LogP contribution in [0.25, 0.3) is 0 Å². The van der Waals surface area contributed by atoms with E-state index in [2.05, 4.69) is 15.3 Å². The van der Waals surface area contributed by atoms with Gasteiger partial charge in [0, 0.05) is 19.6 Å². The van der Waals surface area contributed by atoms with Gasteiger partial charge in [-0.2, -0.15) is 5.10 Å². The fraction of sp³-hybridized carbons (Fsp3) is 0.714. The third-order valence-corrected chi connectivity index (χ3v) is 3.87. The Labute approximate surface area is 130 Å². The van der Waals surface area contributed by atoms with E-state index in [1.165, 1.54) is 4.68 Å². The zero-order valence-corrected chi connectivity index (χ0v) is 13.4. The molecular weight excluding hydrogens is 292 g/mol. The van der Waals surface area contributed by atoms with E-state index in [1.807, 2.05) is 13.8 Å². The predicted molar refractivity (Wildman–Crippen MR) is 84.3 cm³/mol. The van der Waals surface area contributed by atoms with Crippen LogP contribution < -0.4 is 10.9 Å². The fourth-order valence-electron chi connectivity index (χ4n) is 2.29. The van der Waals surface area contributed by atoms with Crippen molar-refractivity contribution >= 4 is 17.3 Å². The molecule has 0 atom stereocenters. The summed E-state index contributed by atoms with van der Waals surface area (Å²) in [7, 11) is 0. The normalized spacial score (nSPS) is 16.4. The van der Waals surface area contributed by atoms with E-state index in [9.17, 15) is 4.79 Å². The molecule has 1 fully saturated rings. The van der Waals surface area contributed by atoms with Crippen LogP contribution in [0.1, 0.15) is 26.3 Å². The van der Waals surface area contributed by atoms with Crippen LogP contribution in [0, 0.1) is 0 Å². The Balaban J connectivity index is 1.83. The number of anilines is 1. The third kappa shape index (κ3) is 4.43. The highest BCUT2D eigenvalue weighted by atomic mass is 35.5. The molecule has 0 radical (unpaired) electrons. The summed E-state index contributed by atoms with van der Waals surface area (Å²) in [5.41, 5.74) is 0.366. The highest BCUT2D eigenvalue weighted by Gasteiger charge is 2.12. The molecule has 2 rings (SSSR count). The molecule has 2 heterocycles. The lowest BCUT2D eigenvalue weighted by Gasteiger charge is -2.26. The first kappa shape index (κ1) is 16.3. The largest absolute Gasteiger partial charge is 0.382 e. The van der Waals surface area contributed by atoms with Crippen LogP contribution in [0.2, 0.25) is 5.02 Å². The van der Waals surface area contributed by atoms with Gasteiger partial charge in [0.25, 0.3) is 5.56 Å². The smallest absolute Gasteiger partial charge is 0.287 e. The van der Waals surface area contributed by atoms with Crippen molar-refractivity contribution in [1.29, 1.82) is 0 Å². The number of hydrogen-bond donors (Lipinski definition) is 1. The maximum absolute atomic E-state index is 12.0. The maximum atomic E-state index is 12.0. The van der Waals surface area contributed by atoms with Crippen molar-refractivity contribution < 1.29 is 4.74 Å². The van der Waals surface area contributed by atoms with Crippen LogP contribution in [0.15, 0.2) is 11.0 Å². The van der Waals surface area contributed by atoms with Crippen LogP contribution in [-0.2, 0) is 4.74 Å².